The van der Waals surface area contributed by atoms with Gasteiger partial charge in [-0.2, -0.15) is 10.4 Å². The van der Waals surface area contributed by atoms with Crippen LogP contribution in [-0.2, 0) is 6.54 Å². The van der Waals surface area contributed by atoms with Crippen LogP contribution in [0.2, 0.25) is 0 Å². The Kier molecular flexibility index (Phi) is 4.11. The highest BCUT2D eigenvalue weighted by Gasteiger charge is 2.11. The molecule has 0 bridgehead atoms. The Bertz CT molecular complexity index is 655. The maximum atomic E-state index is 12.8. The Morgan fingerprint density at radius 2 is 2.15 bits per heavy atom. The van der Waals surface area contributed by atoms with E-state index in [9.17, 15) is 9.18 Å². The summed E-state index contributed by atoms with van der Waals surface area (Å²) >= 11 is 0. The van der Waals surface area contributed by atoms with Crippen molar-refractivity contribution in [2.24, 2.45) is 0 Å². The number of hydrogen-bond donors (Lipinski definition) is 1. The van der Waals surface area contributed by atoms with E-state index >= 15 is 0 Å². The van der Waals surface area contributed by atoms with Gasteiger partial charge in [0.15, 0.2) is 0 Å². The first-order chi connectivity index (χ1) is 9.60. The number of aryl methyl sites for hydroxylation is 2. The first-order valence-corrected chi connectivity index (χ1v) is 6.08. The summed E-state index contributed by atoms with van der Waals surface area (Å²) in [7, 11) is 0. The zero-order valence-electron chi connectivity index (χ0n) is 10.9. The number of aromatic nitrogens is 2. The van der Waals surface area contributed by atoms with Gasteiger partial charge in [0.2, 0.25) is 0 Å². The second-order valence-corrected chi connectivity index (χ2v) is 4.26. The summed E-state index contributed by atoms with van der Waals surface area (Å²) in [5.41, 5.74) is 1.11. The molecule has 2 aromatic rings. The fourth-order valence-electron chi connectivity index (χ4n) is 1.76. The van der Waals surface area contributed by atoms with E-state index in [1.165, 1.54) is 24.3 Å². The topological polar surface area (TPSA) is 70.7 Å². The molecule has 1 aromatic heterocycles. The van der Waals surface area contributed by atoms with Crippen LogP contribution in [-0.4, -0.2) is 15.7 Å². The maximum Gasteiger partial charge on any atom is 0.256 e. The minimum atomic E-state index is -0.392. The molecule has 0 atom stereocenters. The molecule has 0 radical (unpaired) electrons. The van der Waals surface area contributed by atoms with Gasteiger partial charge in [-0.1, -0.05) is 0 Å². The van der Waals surface area contributed by atoms with Gasteiger partial charge in [-0.3, -0.25) is 4.79 Å². The number of carbonyl (C=O) groups is 1. The highest BCUT2D eigenvalue weighted by molar-refractivity contribution is 6.03. The summed E-state index contributed by atoms with van der Waals surface area (Å²) in [5.74, 6) is -0.216. The average Bonchev–Trinajstić information content (AvgIpc) is 2.77. The molecule has 1 aromatic carbocycles. The molecule has 5 nitrogen and oxygen atoms in total. The number of benzene rings is 1. The zero-order valence-corrected chi connectivity index (χ0v) is 10.9. The van der Waals surface area contributed by atoms with Crippen LogP contribution in [0, 0.1) is 24.1 Å². The van der Waals surface area contributed by atoms with Crippen molar-refractivity contribution in [1.29, 1.82) is 5.26 Å². The summed E-state index contributed by atoms with van der Waals surface area (Å²) in [4.78, 5) is 12.0. The molecule has 0 fully saturated rings. The predicted octanol–water partition coefficient (Wildman–Crippen LogP) is 2.50. The van der Waals surface area contributed by atoms with E-state index in [0.717, 1.165) is 5.69 Å². The van der Waals surface area contributed by atoms with Gasteiger partial charge < -0.3 is 5.32 Å². The third-order valence-corrected chi connectivity index (χ3v) is 2.69. The summed E-state index contributed by atoms with van der Waals surface area (Å²) in [6, 6.07) is 9.03. The number of rotatable bonds is 4. The van der Waals surface area contributed by atoms with Crippen molar-refractivity contribution in [2.45, 2.75) is 19.9 Å². The van der Waals surface area contributed by atoms with E-state index in [-0.39, 0.29) is 5.91 Å². The lowest BCUT2D eigenvalue weighted by molar-refractivity contribution is 0.102. The summed E-state index contributed by atoms with van der Waals surface area (Å²) < 4.78 is 14.4. The van der Waals surface area contributed by atoms with Crippen LogP contribution < -0.4 is 5.32 Å². The van der Waals surface area contributed by atoms with Gasteiger partial charge in [-0.15, -0.1) is 0 Å². The number of halogens is 1. The Morgan fingerprint density at radius 1 is 1.45 bits per heavy atom. The number of amides is 1. The van der Waals surface area contributed by atoms with Gasteiger partial charge >= 0.3 is 0 Å². The molecule has 0 spiro atoms. The van der Waals surface area contributed by atoms with E-state index in [4.69, 9.17) is 5.26 Å². The Balaban J connectivity index is 2.15. The Labute approximate surface area is 115 Å². The molecule has 0 aliphatic heterocycles. The molecule has 0 unspecified atom stereocenters. The number of nitriles is 1. The lowest BCUT2D eigenvalue weighted by Gasteiger charge is -2.07. The van der Waals surface area contributed by atoms with Crippen LogP contribution in [0.25, 0.3) is 0 Å². The lowest BCUT2D eigenvalue weighted by Crippen LogP contribution is -2.15. The van der Waals surface area contributed by atoms with Gasteiger partial charge in [-0.05, 0) is 31.2 Å². The number of hydrogen-bond acceptors (Lipinski definition) is 3. The maximum absolute atomic E-state index is 12.8. The summed E-state index contributed by atoms with van der Waals surface area (Å²) in [5, 5.41) is 15.5. The van der Waals surface area contributed by atoms with Crippen molar-refractivity contribution in [1.82, 2.24) is 9.78 Å². The molecule has 6 heteroatoms. The second-order valence-electron chi connectivity index (χ2n) is 4.26. The van der Waals surface area contributed by atoms with Crippen molar-refractivity contribution in [3.05, 3.63) is 47.4 Å². The molecular formula is C14H13FN4O. The molecular weight excluding hydrogens is 259 g/mol. The van der Waals surface area contributed by atoms with Gasteiger partial charge in [-0.25, -0.2) is 9.07 Å². The number of anilines is 1. The zero-order chi connectivity index (χ0) is 14.5. The van der Waals surface area contributed by atoms with Crippen LogP contribution in [0.3, 0.4) is 0 Å². The minimum absolute atomic E-state index is 0.306. The van der Waals surface area contributed by atoms with E-state index in [1.807, 2.05) is 6.07 Å². The van der Waals surface area contributed by atoms with Gasteiger partial charge in [0, 0.05) is 11.6 Å². The first kappa shape index (κ1) is 13.7. The van der Waals surface area contributed by atoms with E-state index in [1.54, 1.807) is 17.7 Å². The third-order valence-electron chi connectivity index (χ3n) is 2.69. The quantitative estimate of drug-likeness (QED) is 0.929. The molecule has 0 aliphatic rings. The molecule has 1 heterocycles. The van der Waals surface area contributed by atoms with Crippen LogP contribution >= 0.6 is 0 Å². The number of nitrogens with zero attached hydrogens (tertiary/aromatic N) is 3. The van der Waals surface area contributed by atoms with Gasteiger partial charge in [0.1, 0.15) is 11.6 Å². The highest BCUT2D eigenvalue weighted by Crippen LogP contribution is 2.13. The van der Waals surface area contributed by atoms with Crippen molar-refractivity contribution < 1.29 is 9.18 Å². The SMILES string of the molecule is Cc1cc(NC(=O)c2ccc(F)cc2)n(CCC#N)n1. The van der Waals surface area contributed by atoms with Crippen LogP contribution in [0.4, 0.5) is 10.2 Å². The fraction of sp³-hybridized carbons (Fsp3) is 0.214. The van der Waals surface area contributed by atoms with E-state index in [0.29, 0.717) is 24.3 Å². The van der Waals surface area contributed by atoms with Crippen molar-refractivity contribution in [3.63, 3.8) is 0 Å². The standard InChI is InChI=1S/C14H13FN4O/c1-10-9-13(19(18-10)8-2-7-16)17-14(20)11-3-5-12(15)6-4-11/h3-6,9H,2,8H2,1H3,(H,17,20). The van der Waals surface area contributed by atoms with Gasteiger partial charge in [0.25, 0.3) is 5.91 Å². The molecule has 1 amide bonds. The minimum Gasteiger partial charge on any atom is -0.307 e. The molecule has 0 saturated carbocycles. The molecule has 0 saturated heterocycles. The molecule has 102 valence electrons. The predicted molar refractivity (Wildman–Crippen MR) is 71.5 cm³/mol. The van der Waals surface area contributed by atoms with Gasteiger partial charge in [0.05, 0.1) is 24.7 Å². The Morgan fingerprint density at radius 3 is 2.80 bits per heavy atom. The van der Waals surface area contributed by atoms with Crippen LogP contribution in [0.15, 0.2) is 30.3 Å². The molecule has 1 N–H and O–H groups in total. The number of nitrogens with one attached hydrogen (secondary N) is 1. The van der Waals surface area contributed by atoms with Crippen LogP contribution in [0.5, 0.6) is 0 Å². The van der Waals surface area contributed by atoms with E-state index in [2.05, 4.69) is 10.4 Å². The average molecular weight is 272 g/mol. The second kappa shape index (κ2) is 5.97. The van der Waals surface area contributed by atoms with Crippen molar-refractivity contribution in [2.75, 3.05) is 5.32 Å². The fourth-order valence-corrected chi connectivity index (χ4v) is 1.76. The molecule has 0 aliphatic carbocycles. The molecule has 2 rings (SSSR count). The normalized spacial score (nSPS) is 10.1. The lowest BCUT2D eigenvalue weighted by atomic mass is 10.2. The first-order valence-electron chi connectivity index (χ1n) is 6.08. The van der Waals surface area contributed by atoms with E-state index < -0.39 is 5.82 Å². The third kappa shape index (κ3) is 3.20. The monoisotopic (exact) mass is 272 g/mol. The van der Waals surface area contributed by atoms with Crippen LogP contribution in [0.1, 0.15) is 22.5 Å². The van der Waals surface area contributed by atoms with Crippen molar-refractivity contribution in [3.8, 4) is 6.07 Å². The summed E-state index contributed by atoms with van der Waals surface area (Å²) in [6.07, 6.45) is 0.306. The Hall–Kier alpha value is -2.68. The largest absolute Gasteiger partial charge is 0.307 e. The number of carbonyl (C=O) groups excluding carboxylic acids is 1. The molecule has 20 heavy (non-hydrogen) atoms. The highest BCUT2D eigenvalue weighted by atomic mass is 19.1. The smallest absolute Gasteiger partial charge is 0.256 e. The summed E-state index contributed by atoms with van der Waals surface area (Å²) in [6.45, 7) is 2.21. The van der Waals surface area contributed by atoms with Crippen molar-refractivity contribution >= 4 is 11.7 Å².